The van der Waals surface area contributed by atoms with Crippen molar-refractivity contribution < 1.29 is 4.74 Å². The Morgan fingerprint density at radius 2 is 2.17 bits per heavy atom. The smallest absolute Gasteiger partial charge is 0.125 e. The Bertz CT molecular complexity index is 440. The lowest BCUT2D eigenvalue weighted by molar-refractivity contribution is 0.0370. The molecule has 1 N–H and O–H groups in total. The summed E-state index contributed by atoms with van der Waals surface area (Å²) in [5, 5.41) is 3.62. The summed E-state index contributed by atoms with van der Waals surface area (Å²) in [6.07, 6.45) is 6.16. The van der Waals surface area contributed by atoms with Gasteiger partial charge in [0.25, 0.3) is 0 Å². The van der Waals surface area contributed by atoms with Gasteiger partial charge in [0.05, 0.1) is 0 Å². The van der Waals surface area contributed by atoms with Crippen molar-refractivity contribution in [2.75, 3.05) is 6.54 Å². The zero-order valence-electron chi connectivity index (χ0n) is 10.8. The molecule has 0 bridgehead atoms. The number of hydrogen-bond acceptors (Lipinski definition) is 2. The molecule has 2 aliphatic rings. The van der Waals surface area contributed by atoms with E-state index in [0.29, 0.717) is 6.04 Å². The van der Waals surface area contributed by atoms with Crippen LogP contribution in [-0.2, 0) is 0 Å². The van der Waals surface area contributed by atoms with E-state index in [-0.39, 0.29) is 5.60 Å². The molecule has 3 heteroatoms. The summed E-state index contributed by atoms with van der Waals surface area (Å²) in [6.45, 7) is 3.18. The van der Waals surface area contributed by atoms with Crippen LogP contribution in [0.4, 0.5) is 0 Å². The van der Waals surface area contributed by atoms with Crippen molar-refractivity contribution in [2.45, 2.75) is 50.7 Å². The summed E-state index contributed by atoms with van der Waals surface area (Å²) < 4.78 is 7.49. The fourth-order valence-corrected chi connectivity index (χ4v) is 3.77. The topological polar surface area (TPSA) is 21.3 Å². The van der Waals surface area contributed by atoms with Crippen molar-refractivity contribution in [3.8, 4) is 5.75 Å². The van der Waals surface area contributed by atoms with Crippen LogP contribution < -0.4 is 10.1 Å². The molecule has 2 nitrogen and oxygen atoms in total. The van der Waals surface area contributed by atoms with E-state index in [0.717, 1.165) is 23.2 Å². The Kier molecular flexibility index (Phi) is 3.37. The third-order valence-corrected chi connectivity index (χ3v) is 4.71. The molecule has 1 aliphatic carbocycles. The van der Waals surface area contributed by atoms with E-state index in [2.05, 4.69) is 46.4 Å². The maximum atomic E-state index is 6.35. The van der Waals surface area contributed by atoms with Gasteiger partial charge >= 0.3 is 0 Å². The first-order valence-corrected chi connectivity index (χ1v) is 7.74. The van der Waals surface area contributed by atoms with Gasteiger partial charge in [-0.3, -0.25) is 0 Å². The summed E-state index contributed by atoms with van der Waals surface area (Å²) >= 11 is 3.56. The number of fused-ring (bicyclic) bond motifs is 1. The first kappa shape index (κ1) is 12.5. The van der Waals surface area contributed by atoms with Gasteiger partial charge in [0.1, 0.15) is 11.4 Å². The molecule has 1 atom stereocenters. The summed E-state index contributed by atoms with van der Waals surface area (Å²) in [5.41, 5.74) is 1.41. The maximum absolute atomic E-state index is 6.35. The Morgan fingerprint density at radius 1 is 1.39 bits per heavy atom. The Hall–Kier alpha value is -0.540. The monoisotopic (exact) mass is 309 g/mol. The van der Waals surface area contributed by atoms with Gasteiger partial charge in [-0.1, -0.05) is 22.9 Å². The molecule has 1 aromatic carbocycles. The SMILES string of the molecule is CCNC1CC2(CCCC2)Oc2ccc(Br)cc21. The van der Waals surface area contributed by atoms with Crippen LogP contribution in [0, 0.1) is 0 Å². The molecule has 98 valence electrons. The first-order valence-electron chi connectivity index (χ1n) is 6.94. The average molecular weight is 310 g/mol. The average Bonchev–Trinajstić information content (AvgIpc) is 2.79. The molecule has 0 aromatic heterocycles. The van der Waals surface area contributed by atoms with E-state index in [1.54, 1.807) is 0 Å². The van der Waals surface area contributed by atoms with Crippen molar-refractivity contribution in [3.63, 3.8) is 0 Å². The van der Waals surface area contributed by atoms with Crippen LogP contribution in [0.5, 0.6) is 5.75 Å². The summed E-state index contributed by atoms with van der Waals surface area (Å²) in [4.78, 5) is 0. The number of hydrogen-bond donors (Lipinski definition) is 1. The predicted molar refractivity (Wildman–Crippen MR) is 77.0 cm³/mol. The zero-order chi connectivity index (χ0) is 12.6. The molecular formula is C15H20BrNO. The molecule has 1 aromatic rings. The minimum absolute atomic E-state index is 0.105. The Morgan fingerprint density at radius 3 is 2.89 bits per heavy atom. The lowest BCUT2D eigenvalue weighted by Gasteiger charge is -2.40. The first-order chi connectivity index (χ1) is 8.72. The normalized spacial score (nSPS) is 24.9. The standard InChI is InChI=1S/C15H20BrNO/c1-2-17-13-10-15(7-3-4-8-15)18-14-6-5-11(16)9-12(13)14/h5-6,9,13,17H,2-4,7-8,10H2,1H3. The van der Waals surface area contributed by atoms with Gasteiger partial charge in [-0.15, -0.1) is 0 Å². The van der Waals surface area contributed by atoms with E-state index >= 15 is 0 Å². The minimum Gasteiger partial charge on any atom is -0.487 e. The number of nitrogens with one attached hydrogen (secondary N) is 1. The van der Waals surface area contributed by atoms with Crippen LogP contribution in [0.15, 0.2) is 22.7 Å². The number of benzene rings is 1. The molecule has 1 saturated carbocycles. The van der Waals surface area contributed by atoms with Crippen LogP contribution >= 0.6 is 15.9 Å². The summed E-state index contributed by atoms with van der Waals surface area (Å²) in [7, 11) is 0. The quantitative estimate of drug-likeness (QED) is 0.884. The highest BCUT2D eigenvalue weighted by molar-refractivity contribution is 9.10. The fourth-order valence-electron chi connectivity index (χ4n) is 3.40. The van der Waals surface area contributed by atoms with E-state index in [4.69, 9.17) is 4.74 Å². The number of halogens is 1. The van der Waals surface area contributed by atoms with Crippen LogP contribution in [-0.4, -0.2) is 12.1 Å². The number of rotatable bonds is 2. The van der Waals surface area contributed by atoms with Gasteiger partial charge in [0.15, 0.2) is 0 Å². The van der Waals surface area contributed by atoms with Crippen molar-refractivity contribution in [1.82, 2.24) is 5.32 Å². The van der Waals surface area contributed by atoms with Crippen molar-refractivity contribution in [3.05, 3.63) is 28.2 Å². The third-order valence-electron chi connectivity index (χ3n) is 4.22. The lowest BCUT2D eigenvalue weighted by atomic mass is 9.86. The predicted octanol–water partition coefficient (Wildman–Crippen LogP) is 4.20. The third kappa shape index (κ3) is 2.19. The van der Waals surface area contributed by atoms with Crippen molar-refractivity contribution in [1.29, 1.82) is 0 Å². The van der Waals surface area contributed by atoms with Gasteiger partial charge in [-0.25, -0.2) is 0 Å². The highest BCUT2D eigenvalue weighted by Crippen LogP contribution is 2.47. The Labute approximate surface area is 117 Å². The lowest BCUT2D eigenvalue weighted by Crippen LogP contribution is -2.42. The molecule has 1 fully saturated rings. The summed E-state index contributed by atoms with van der Waals surface area (Å²) in [5.74, 6) is 1.08. The van der Waals surface area contributed by atoms with Crippen LogP contribution in [0.25, 0.3) is 0 Å². The van der Waals surface area contributed by atoms with E-state index in [9.17, 15) is 0 Å². The van der Waals surface area contributed by atoms with Gasteiger partial charge in [-0.05, 0) is 50.4 Å². The molecular weight excluding hydrogens is 290 g/mol. The van der Waals surface area contributed by atoms with Gasteiger partial charge in [-0.2, -0.15) is 0 Å². The van der Waals surface area contributed by atoms with Crippen LogP contribution in [0.3, 0.4) is 0 Å². The van der Waals surface area contributed by atoms with Gasteiger partial charge < -0.3 is 10.1 Å². The molecule has 18 heavy (non-hydrogen) atoms. The molecule has 0 radical (unpaired) electrons. The molecule has 1 aliphatic heterocycles. The second-order valence-electron chi connectivity index (χ2n) is 5.49. The van der Waals surface area contributed by atoms with Crippen LogP contribution in [0.1, 0.15) is 50.6 Å². The highest BCUT2D eigenvalue weighted by Gasteiger charge is 2.42. The minimum atomic E-state index is 0.105. The number of ether oxygens (including phenoxy) is 1. The molecule has 1 heterocycles. The molecule has 0 amide bonds. The molecule has 3 rings (SSSR count). The second-order valence-corrected chi connectivity index (χ2v) is 6.40. The summed E-state index contributed by atoms with van der Waals surface area (Å²) in [6, 6.07) is 6.83. The van der Waals surface area contributed by atoms with Crippen LogP contribution in [0.2, 0.25) is 0 Å². The Balaban J connectivity index is 1.97. The van der Waals surface area contributed by atoms with E-state index in [1.165, 1.54) is 31.2 Å². The van der Waals surface area contributed by atoms with Gasteiger partial charge in [0.2, 0.25) is 0 Å². The highest BCUT2D eigenvalue weighted by atomic mass is 79.9. The van der Waals surface area contributed by atoms with Crippen molar-refractivity contribution >= 4 is 15.9 Å². The molecule has 0 saturated heterocycles. The van der Waals surface area contributed by atoms with E-state index in [1.807, 2.05) is 0 Å². The molecule has 1 unspecified atom stereocenters. The molecule has 1 spiro atoms. The largest absolute Gasteiger partial charge is 0.487 e. The fraction of sp³-hybridized carbons (Fsp3) is 0.600. The maximum Gasteiger partial charge on any atom is 0.125 e. The zero-order valence-corrected chi connectivity index (χ0v) is 12.4. The van der Waals surface area contributed by atoms with E-state index < -0.39 is 0 Å². The van der Waals surface area contributed by atoms with Crippen molar-refractivity contribution in [2.24, 2.45) is 0 Å². The second kappa shape index (κ2) is 4.86. The van der Waals surface area contributed by atoms with Gasteiger partial charge in [0, 0.05) is 22.5 Å².